The molecule has 0 aromatic heterocycles. The van der Waals surface area contributed by atoms with E-state index in [2.05, 4.69) is 5.32 Å². The molecule has 108 valence electrons. The van der Waals surface area contributed by atoms with E-state index in [1.165, 1.54) is 0 Å². The molecule has 0 atom stereocenters. The van der Waals surface area contributed by atoms with Gasteiger partial charge in [0.05, 0.1) is 12.5 Å². The molecule has 1 amide bonds. The fraction of sp³-hybridized carbons (Fsp3) is 0.467. The zero-order valence-electron chi connectivity index (χ0n) is 11.4. The topological polar surface area (TPSA) is 69.6 Å². The normalized spacial score (nSPS) is 16.1. The highest BCUT2D eigenvalue weighted by atomic mass is 16.4. The van der Waals surface area contributed by atoms with Crippen molar-refractivity contribution in [1.82, 2.24) is 10.2 Å². The second-order valence-corrected chi connectivity index (χ2v) is 5.08. The van der Waals surface area contributed by atoms with Gasteiger partial charge in [0, 0.05) is 19.6 Å². The van der Waals surface area contributed by atoms with E-state index < -0.39 is 5.97 Å². The summed E-state index contributed by atoms with van der Waals surface area (Å²) in [6, 6.07) is 9.91. The molecule has 0 bridgehead atoms. The van der Waals surface area contributed by atoms with E-state index >= 15 is 0 Å². The highest BCUT2D eigenvalue weighted by Crippen LogP contribution is 2.17. The Morgan fingerprint density at radius 1 is 1.20 bits per heavy atom. The van der Waals surface area contributed by atoms with E-state index in [4.69, 9.17) is 5.11 Å². The van der Waals surface area contributed by atoms with Crippen LogP contribution < -0.4 is 5.32 Å². The van der Waals surface area contributed by atoms with Crippen molar-refractivity contribution < 1.29 is 14.7 Å². The Balaban J connectivity index is 1.69. The molecule has 0 unspecified atom stereocenters. The van der Waals surface area contributed by atoms with Crippen molar-refractivity contribution in [2.24, 2.45) is 5.92 Å². The number of amides is 1. The molecule has 20 heavy (non-hydrogen) atoms. The number of carbonyl (C=O) groups excluding carboxylic acids is 1. The Hall–Kier alpha value is -1.88. The number of carboxylic acids is 1. The van der Waals surface area contributed by atoms with Crippen LogP contribution in [0.1, 0.15) is 18.4 Å². The lowest BCUT2D eigenvalue weighted by Crippen LogP contribution is -2.43. The van der Waals surface area contributed by atoms with Crippen molar-refractivity contribution in [3.8, 4) is 0 Å². The highest BCUT2D eigenvalue weighted by Gasteiger charge is 2.26. The second-order valence-electron chi connectivity index (χ2n) is 5.08. The molecule has 0 spiro atoms. The lowest BCUT2D eigenvalue weighted by Gasteiger charge is -2.30. The number of nitrogens with one attached hydrogen (secondary N) is 1. The molecule has 1 saturated heterocycles. The summed E-state index contributed by atoms with van der Waals surface area (Å²) >= 11 is 0. The number of aliphatic carboxylic acids is 1. The van der Waals surface area contributed by atoms with E-state index in [0.29, 0.717) is 39.0 Å². The van der Waals surface area contributed by atoms with E-state index in [1.54, 1.807) is 4.90 Å². The predicted molar refractivity (Wildman–Crippen MR) is 75.1 cm³/mol. The molecule has 2 rings (SSSR count). The van der Waals surface area contributed by atoms with Gasteiger partial charge in [0.15, 0.2) is 0 Å². The van der Waals surface area contributed by atoms with Crippen LogP contribution in [0.15, 0.2) is 30.3 Å². The molecule has 0 aliphatic carbocycles. The number of rotatable bonds is 5. The summed E-state index contributed by atoms with van der Waals surface area (Å²) in [5, 5.41) is 12.0. The molecule has 1 heterocycles. The van der Waals surface area contributed by atoms with Crippen LogP contribution in [0.2, 0.25) is 0 Å². The summed E-state index contributed by atoms with van der Waals surface area (Å²) in [5.74, 6) is -1.000. The van der Waals surface area contributed by atoms with E-state index in [-0.39, 0.29) is 11.8 Å². The van der Waals surface area contributed by atoms with Gasteiger partial charge in [-0.2, -0.15) is 0 Å². The molecule has 1 aromatic rings. The maximum absolute atomic E-state index is 12.0. The molecular formula is C15H20N2O3. The number of piperidine rings is 1. The van der Waals surface area contributed by atoms with Crippen LogP contribution in [0, 0.1) is 5.92 Å². The van der Waals surface area contributed by atoms with Crippen molar-refractivity contribution in [2.45, 2.75) is 19.4 Å². The maximum Gasteiger partial charge on any atom is 0.306 e. The molecule has 2 N–H and O–H groups in total. The Morgan fingerprint density at radius 2 is 1.85 bits per heavy atom. The molecule has 0 saturated carbocycles. The summed E-state index contributed by atoms with van der Waals surface area (Å²) in [6.07, 6.45) is 1.11. The van der Waals surface area contributed by atoms with Gasteiger partial charge in [0.2, 0.25) is 5.91 Å². The van der Waals surface area contributed by atoms with Crippen LogP contribution in [0.5, 0.6) is 0 Å². The third-order valence-corrected chi connectivity index (χ3v) is 3.65. The van der Waals surface area contributed by atoms with Gasteiger partial charge < -0.3 is 15.3 Å². The standard InChI is InChI=1S/C15H20N2O3/c18-14(11-16-10-12-4-2-1-3-5-12)17-8-6-13(7-9-17)15(19)20/h1-5,13,16H,6-11H2,(H,19,20). The first-order valence-corrected chi connectivity index (χ1v) is 6.92. The Morgan fingerprint density at radius 3 is 2.45 bits per heavy atom. The van der Waals surface area contributed by atoms with Gasteiger partial charge in [-0.15, -0.1) is 0 Å². The van der Waals surface area contributed by atoms with Crippen molar-refractivity contribution in [1.29, 1.82) is 0 Å². The van der Waals surface area contributed by atoms with Gasteiger partial charge in [-0.3, -0.25) is 9.59 Å². The largest absolute Gasteiger partial charge is 0.481 e. The van der Waals surface area contributed by atoms with Crippen LogP contribution in [0.3, 0.4) is 0 Å². The first-order chi connectivity index (χ1) is 9.66. The quantitative estimate of drug-likeness (QED) is 0.845. The predicted octanol–water partition coefficient (Wildman–Crippen LogP) is 1.10. The molecular weight excluding hydrogens is 256 g/mol. The number of benzene rings is 1. The molecule has 0 radical (unpaired) electrons. The first-order valence-electron chi connectivity index (χ1n) is 6.92. The van der Waals surface area contributed by atoms with Gasteiger partial charge >= 0.3 is 5.97 Å². The number of hydrogen-bond donors (Lipinski definition) is 2. The summed E-state index contributed by atoms with van der Waals surface area (Å²) in [7, 11) is 0. The summed E-state index contributed by atoms with van der Waals surface area (Å²) < 4.78 is 0. The lowest BCUT2D eigenvalue weighted by atomic mass is 9.97. The zero-order valence-corrected chi connectivity index (χ0v) is 11.4. The summed E-state index contributed by atoms with van der Waals surface area (Å²) in [4.78, 5) is 24.6. The van der Waals surface area contributed by atoms with Crippen LogP contribution >= 0.6 is 0 Å². The van der Waals surface area contributed by atoms with Crippen molar-refractivity contribution in [2.75, 3.05) is 19.6 Å². The van der Waals surface area contributed by atoms with Crippen molar-refractivity contribution in [3.05, 3.63) is 35.9 Å². The maximum atomic E-state index is 12.0. The van der Waals surface area contributed by atoms with E-state index in [0.717, 1.165) is 5.56 Å². The summed E-state index contributed by atoms with van der Waals surface area (Å²) in [5.41, 5.74) is 1.14. The summed E-state index contributed by atoms with van der Waals surface area (Å²) in [6.45, 7) is 2.05. The van der Waals surface area contributed by atoms with E-state index in [9.17, 15) is 9.59 Å². The van der Waals surface area contributed by atoms with Gasteiger partial charge in [-0.05, 0) is 18.4 Å². The Bertz CT molecular complexity index is 453. The number of likely N-dealkylation sites (tertiary alicyclic amines) is 1. The minimum Gasteiger partial charge on any atom is -0.481 e. The molecule has 5 heteroatoms. The number of carbonyl (C=O) groups is 2. The number of carboxylic acid groups (broad SMARTS) is 1. The van der Waals surface area contributed by atoms with Crippen molar-refractivity contribution >= 4 is 11.9 Å². The van der Waals surface area contributed by atoms with Gasteiger partial charge in [-0.25, -0.2) is 0 Å². The van der Waals surface area contributed by atoms with Crippen LogP contribution in [-0.2, 0) is 16.1 Å². The zero-order chi connectivity index (χ0) is 14.4. The van der Waals surface area contributed by atoms with E-state index in [1.807, 2.05) is 30.3 Å². The van der Waals surface area contributed by atoms with Crippen LogP contribution in [0.25, 0.3) is 0 Å². The van der Waals surface area contributed by atoms with Gasteiger partial charge in [0.25, 0.3) is 0 Å². The molecule has 1 aromatic carbocycles. The molecule has 5 nitrogen and oxygen atoms in total. The SMILES string of the molecule is O=C(O)C1CCN(C(=O)CNCc2ccccc2)CC1. The number of nitrogens with zero attached hydrogens (tertiary/aromatic N) is 1. The second kappa shape index (κ2) is 7.05. The highest BCUT2D eigenvalue weighted by molar-refractivity contribution is 5.78. The fourth-order valence-corrected chi connectivity index (χ4v) is 2.40. The molecule has 1 aliphatic rings. The monoisotopic (exact) mass is 276 g/mol. The fourth-order valence-electron chi connectivity index (χ4n) is 2.40. The molecule has 1 aliphatic heterocycles. The van der Waals surface area contributed by atoms with Gasteiger partial charge in [0.1, 0.15) is 0 Å². The average molecular weight is 276 g/mol. The van der Waals surface area contributed by atoms with Crippen LogP contribution in [-0.4, -0.2) is 41.5 Å². The Labute approximate surface area is 118 Å². The van der Waals surface area contributed by atoms with Crippen molar-refractivity contribution in [3.63, 3.8) is 0 Å². The first kappa shape index (κ1) is 14.5. The lowest BCUT2D eigenvalue weighted by molar-refractivity contribution is -0.145. The minimum atomic E-state index is -0.751. The van der Waals surface area contributed by atoms with Crippen LogP contribution in [0.4, 0.5) is 0 Å². The average Bonchev–Trinajstić information content (AvgIpc) is 2.48. The smallest absolute Gasteiger partial charge is 0.306 e. The third-order valence-electron chi connectivity index (χ3n) is 3.65. The molecule has 1 fully saturated rings. The Kier molecular flexibility index (Phi) is 5.12. The number of hydrogen-bond acceptors (Lipinski definition) is 3. The van der Waals surface area contributed by atoms with Gasteiger partial charge in [-0.1, -0.05) is 30.3 Å². The minimum absolute atomic E-state index is 0.0461. The third kappa shape index (κ3) is 4.06.